The Morgan fingerprint density at radius 3 is 2.87 bits per heavy atom. The minimum absolute atomic E-state index is 0.0949. The van der Waals surface area contributed by atoms with Crippen LogP contribution in [0.1, 0.15) is 36.7 Å². The Balaban J connectivity index is 1.44. The molecule has 0 spiro atoms. The van der Waals surface area contributed by atoms with E-state index in [2.05, 4.69) is 11.8 Å². The Hall–Kier alpha value is -1.88. The average Bonchev–Trinajstić information content (AvgIpc) is 2.90. The Bertz CT molecular complexity index is 736. The standard InChI is InChI=1S/C18H21FN2O2/c1-12-4-2-3-7-21(12)15-10-20(11-15)18(22)17-9-13-8-14(19)5-6-16(13)23-17/h5-6,8-9,12,15H,2-4,7,10-11H2,1H3/t12-/m1/s1. The maximum atomic E-state index is 13.2. The smallest absolute Gasteiger partial charge is 0.289 e. The molecule has 23 heavy (non-hydrogen) atoms. The molecule has 4 nitrogen and oxygen atoms in total. The molecule has 2 saturated heterocycles. The molecule has 0 aliphatic carbocycles. The lowest BCUT2D eigenvalue weighted by Crippen LogP contribution is -2.63. The molecule has 0 unspecified atom stereocenters. The Labute approximate surface area is 134 Å². The van der Waals surface area contributed by atoms with Crippen LogP contribution in [0.25, 0.3) is 11.0 Å². The van der Waals surface area contributed by atoms with Gasteiger partial charge in [-0.3, -0.25) is 9.69 Å². The zero-order valence-electron chi connectivity index (χ0n) is 13.3. The Kier molecular flexibility index (Phi) is 3.60. The molecule has 1 atom stereocenters. The molecule has 0 N–H and O–H groups in total. The van der Waals surface area contributed by atoms with Crippen LogP contribution in [-0.2, 0) is 0 Å². The molecule has 0 bridgehead atoms. The van der Waals surface area contributed by atoms with Gasteiger partial charge in [-0.2, -0.15) is 0 Å². The number of halogens is 1. The normalized spacial score (nSPS) is 23.2. The van der Waals surface area contributed by atoms with E-state index in [1.807, 2.05) is 4.90 Å². The fourth-order valence-electron chi connectivity index (χ4n) is 3.77. The van der Waals surface area contributed by atoms with Crippen LogP contribution in [-0.4, -0.2) is 47.4 Å². The first-order valence-corrected chi connectivity index (χ1v) is 8.36. The second kappa shape index (κ2) is 5.64. The average molecular weight is 316 g/mol. The van der Waals surface area contributed by atoms with Crippen molar-refractivity contribution in [3.8, 4) is 0 Å². The maximum absolute atomic E-state index is 13.2. The summed E-state index contributed by atoms with van der Waals surface area (Å²) in [5.74, 6) is -0.112. The zero-order valence-corrected chi connectivity index (χ0v) is 13.3. The van der Waals surface area contributed by atoms with Crippen LogP contribution in [0, 0.1) is 5.82 Å². The molecule has 1 aromatic heterocycles. The summed E-state index contributed by atoms with van der Waals surface area (Å²) in [6, 6.07) is 7.02. The van der Waals surface area contributed by atoms with Crippen LogP contribution in [0.2, 0.25) is 0 Å². The summed E-state index contributed by atoms with van der Waals surface area (Å²) in [6.45, 7) is 4.93. The van der Waals surface area contributed by atoms with Crippen molar-refractivity contribution in [2.45, 2.75) is 38.3 Å². The van der Waals surface area contributed by atoms with Gasteiger partial charge in [0.05, 0.1) is 0 Å². The summed E-state index contributed by atoms with van der Waals surface area (Å²) in [7, 11) is 0. The number of benzene rings is 1. The van der Waals surface area contributed by atoms with Crippen molar-refractivity contribution in [1.82, 2.24) is 9.80 Å². The number of piperidine rings is 1. The molecule has 1 amide bonds. The van der Waals surface area contributed by atoms with Crippen molar-refractivity contribution in [3.05, 3.63) is 35.8 Å². The summed E-state index contributed by atoms with van der Waals surface area (Å²) in [4.78, 5) is 16.9. The molecule has 2 fully saturated rings. The fourth-order valence-corrected chi connectivity index (χ4v) is 3.77. The lowest BCUT2D eigenvalue weighted by atomic mass is 9.97. The Morgan fingerprint density at radius 1 is 1.26 bits per heavy atom. The topological polar surface area (TPSA) is 36.7 Å². The van der Waals surface area contributed by atoms with Crippen LogP contribution in [0.4, 0.5) is 4.39 Å². The molecule has 3 heterocycles. The first kappa shape index (κ1) is 14.7. The number of rotatable bonds is 2. The van der Waals surface area contributed by atoms with E-state index in [4.69, 9.17) is 4.42 Å². The largest absolute Gasteiger partial charge is 0.451 e. The van der Waals surface area contributed by atoms with Crippen LogP contribution in [0.3, 0.4) is 0 Å². The number of amides is 1. The molecule has 2 aliphatic heterocycles. The monoisotopic (exact) mass is 316 g/mol. The van der Waals surface area contributed by atoms with Crippen molar-refractivity contribution in [2.24, 2.45) is 0 Å². The van der Waals surface area contributed by atoms with Crippen LogP contribution < -0.4 is 0 Å². The van der Waals surface area contributed by atoms with E-state index in [0.29, 0.717) is 28.8 Å². The van der Waals surface area contributed by atoms with E-state index in [1.165, 1.54) is 31.4 Å². The number of hydrogen-bond donors (Lipinski definition) is 0. The van der Waals surface area contributed by atoms with Crippen molar-refractivity contribution in [3.63, 3.8) is 0 Å². The van der Waals surface area contributed by atoms with Crippen molar-refractivity contribution in [1.29, 1.82) is 0 Å². The van der Waals surface area contributed by atoms with Gasteiger partial charge >= 0.3 is 0 Å². The summed E-state index contributed by atoms with van der Waals surface area (Å²) in [5.41, 5.74) is 0.552. The predicted octanol–water partition coefficient (Wildman–Crippen LogP) is 3.27. The van der Waals surface area contributed by atoms with Gasteiger partial charge in [-0.25, -0.2) is 4.39 Å². The lowest BCUT2D eigenvalue weighted by Gasteiger charge is -2.48. The van der Waals surface area contributed by atoms with E-state index in [-0.39, 0.29) is 11.7 Å². The lowest BCUT2D eigenvalue weighted by molar-refractivity contribution is 0.000641. The summed E-state index contributed by atoms with van der Waals surface area (Å²) in [6.07, 6.45) is 3.81. The molecule has 2 aliphatic rings. The highest BCUT2D eigenvalue weighted by Gasteiger charge is 2.38. The molecule has 0 radical (unpaired) electrons. The van der Waals surface area contributed by atoms with Crippen molar-refractivity contribution >= 4 is 16.9 Å². The third-order valence-electron chi connectivity index (χ3n) is 5.16. The van der Waals surface area contributed by atoms with Gasteiger partial charge in [-0.05, 0) is 50.6 Å². The van der Waals surface area contributed by atoms with Gasteiger partial charge in [0.1, 0.15) is 11.4 Å². The highest BCUT2D eigenvalue weighted by atomic mass is 19.1. The number of hydrogen-bond acceptors (Lipinski definition) is 3. The number of fused-ring (bicyclic) bond motifs is 1. The van der Waals surface area contributed by atoms with E-state index in [0.717, 1.165) is 19.6 Å². The first-order chi connectivity index (χ1) is 11.1. The van der Waals surface area contributed by atoms with E-state index in [1.54, 1.807) is 12.1 Å². The molecule has 4 rings (SSSR count). The number of carbonyl (C=O) groups excluding carboxylic acids is 1. The van der Waals surface area contributed by atoms with Gasteiger partial charge in [0, 0.05) is 30.6 Å². The first-order valence-electron chi connectivity index (χ1n) is 8.36. The molecule has 5 heteroatoms. The minimum atomic E-state index is -0.319. The third-order valence-corrected chi connectivity index (χ3v) is 5.16. The maximum Gasteiger partial charge on any atom is 0.289 e. The summed E-state index contributed by atoms with van der Waals surface area (Å²) in [5, 5.41) is 0.634. The summed E-state index contributed by atoms with van der Waals surface area (Å²) >= 11 is 0. The van der Waals surface area contributed by atoms with Gasteiger partial charge in [0.25, 0.3) is 5.91 Å². The molecule has 2 aromatic rings. The van der Waals surface area contributed by atoms with Crippen LogP contribution >= 0.6 is 0 Å². The molecule has 1 aromatic carbocycles. The van der Waals surface area contributed by atoms with Gasteiger partial charge in [-0.15, -0.1) is 0 Å². The fraction of sp³-hybridized carbons (Fsp3) is 0.500. The highest BCUT2D eigenvalue weighted by Crippen LogP contribution is 2.27. The number of nitrogens with zero attached hydrogens (tertiary/aromatic N) is 2. The molecular formula is C18H21FN2O2. The van der Waals surface area contributed by atoms with Gasteiger partial charge in [0.15, 0.2) is 5.76 Å². The van der Waals surface area contributed by atoms with E-state index >= 15 is 0 Å². The van der Waals surface area contributed by atoms with Gasteiger partial charge < -0.3 is 9.32 Å². The van der Waals surface area contributed by atoms with Crippen molar-refractivity contribution in [2.75, 3.05) is 19.6 Å². The van der Waals surface area contributed by atoms with Gasteiger partial charge in [0.2, 0.25) is 0 Å². The van der Waals surface area contributed by atoms with E-state index in [9.17, 15) is 9.18 Å². The Morgan fingerprint density at radius 2 is 2.09 bits per heavy atom. The second-order valence-electron chi connectivity index (χ2n) is 6.74. The number of furan rings is 1. The van der Waals surface area contributed by atoms with E-state index < -0.39 is 0 Å². The zero-order chi connectivity index (χ0) is 16.0. The summed E-state index contributed by atoms with van der Waals surface area (Å²) < 4.78 is 18.8. The highest BCUT2D eigenvalue weighted by molar-refractivity contribution is 5.96. The SMILES string of the molecule is C[C@@H]1CCCCN1C1CN(C(=O)c2cc3cc(F)ccc3o2)C1. The van der Waals surface area contributed by atoms with Crippen LogP contribution in [0.15, 0.2) is 28.7 Å². The second-order valence-corrected chi connectivity index (χ2v) is 6.74. The van der Waals surface area contributed by atoms with Gasteiger partial charge in [-0.1, -0.05) is 6.42 Å². The van der Waals surface area contributed by atoms with Crippen molar-refractivity contribution < 1.29 is 13.6 Å². The third kappa shape index (κ3) is 2.63. The molecule has 122 valence electrons. The molecular weight excluding hydrogens is 295 g/mol. The number of likely N-dealkylation sites (tertiary alicyclic amines) is 2. The van der Waals surface area contributed by atoms with Crippen LogP contribution in [0.5, 0.6) is 0 Å². The minimum Gasteiger partial charge on any atom is -0.451 e. The quantitative estimate of drug-likeness (QED) is 0.853. The molecule has 0 saturated carbocycles. The predicted molar refractivity (Wildman–Crippen MR) is 85.9 cm³/mol. The number of carbonyl (C=O) groups is 1.